The molecule has 3 amide bonds. The van der Waals surface area contributed by atoms with E-state index < -0.39 is 40.9 Å². The van der Waals surface area contributed by atoms with E-state index in [4.69, 9.17) is 20.3 Å². The Labute approximate surface area is 220 Å². The van der Waals surface area contributed by atoms with Gasteiger partial charge in [0, 0.05) is 0 Å². The smallest absolute Gasteiger partial charge is 0.417 e. The summed E-state index contributed by atoms with van der Waals surface area (Å²) in [6.45, 7) is 7.56. The Kier molecular flexibility index (Phi) is 6.94. The third-order valence-corrected chi connectivity index (χ3v) is 6.33. The Hall–Kier alpha value is -4.32. The first-order valence-corrected chi connectivity index (χ1v) is 12.1. The van der Waals surface area contributed by atoms with Crippen molar-refractivity contribution in [1.82, 2.24) is 9.80 Å². The monoisotopic (exact) mass is 520 g/mol. The molecular weight excluding hydrogens is 491 g/mol. The first-order chi connectivity index (χ1) is 17.9. The Morgan fingerprint density at radius 3 is 2.55 bits per heavy atom. The molecule has 2 heterocycles. The molecule has 4 rings (SSSR count). The van der Waals surface area contributed by atoms with Crippen LogP contribution in [0.3, 0.4) is 0 Å². The fraction of sp³-hybridized carbons (Fsp3) is 0.345. The predicted molar refractivity (Wildman–Crippen MR) is 138 cm³/mol. The van der Waals surface area contributed by atoms with Crippen molar-refractivity contribution in [3.63, 3.8) is 0 Å². The second-order valence-corrected chi connectivity index (χ2v) is 10.3. The highest BCUT2D eigenvalue weighted by molar-refractivity contribution is 6.06. The van der Waals surface area contributed by atoms with E-state index in [0.29, 0.717) is 5.56 Å². The summed E-state index contributed by atoms with van der Waals surface area (Å²) in [6.07, 6.45) is 4.71. The maximum Gasteiger partial charge on any atom is 0.417 e. The summed E-state index contributed by atoms with van der Waals surface area (Å²) in [5.41, 5.74) is -1.72. The minimum absolute atomic E-state index is 0.00275. The second kappa shape index (κ2) is 9.86. The van der Waals surface area contributed by atoms with E-state index in [1.165, 1.54) is 25.1 Å². The summed E-state index contributed by atoms with van der Waals surface area (Å²) in [5, 5.41) is 0.243. The molecule has 2 atom stereocenters. The lowest BCUT2D eigenvalue weighted by Crippen LogP contribution is -2.63. The number of benzene rings is 2. The summed E-state index contributed by atoms with van der Waals surface area (Å²) in [7, 11) is 0. The minimum Gasteiger partial charge on any atom is -0.486 e. The van der Waals surface area contributed by atoms with Gasteiger partial charge in [-0.05, 0) is 58.4 Å². The van der Waals surface area contributed by atoms with Crippen LogP contribution in [0.5, 0.6) is 5.75 Å². The fourth-order valence-corrected chi connectivity index (χ4v) is 4.35. The van der Waals surface area contributed by atoms with E-state index in [1.807, 2.05) is 6.07 Å². The molecule has 0 radical (unpaired) electrons. The molecule has 0 fully saturated rings. The van der Waals surface area contributed by atoms with Gasteiger partial charge in [-0.25, -0.2) is 14.1 Å². The first kappa shape index (κ1) is 26.7. The number of nitrogens with zero attached hydrogens (tertiary/aromatic N) is 2. The number of hydrogen-bond donors (Lipinski definition) is 0. The van der Waals surface area contributed by atoms with Gasteiger partial charge in [-0.1, -0.05) is 36.3 Å². The van der Waals surface area contributed by atoms with Gasteiger partial charge < -0.3 is 18.8 Å². The Bertz CT molecular complexity index is 1440. The van der Waals surface area contributed by atoms with Gasteiger partial charge >= 0.3 is 6.09 Å². The van der Waals surface area contributed by atoms with Gasteiger partial charge in [0.25, 0.3) is 11.8 Å². The van der Waals surface area contributed by atoms with E-state index in [1.54, 1.807) is 52.0 Å². The number of ether oxygens (including phenoxy) is 2. The van der Waals surface area contributed by atoms with Crippen LogP contribution in [0.15, 0.2) is 52.9 Å². The largest absolute Gasteiger partial charge is 0.486 e. The molecule has 0 unspecified atom stereocenters. The van der Waals surface area contributed by atoms with Crippen molar-refractivity contribution in [2.45, 2.75) is 51.8 Å². The van der Waals surface area contributed by atoms with Crippen LogP contribution in [0.1, 0.15) is 56.8 Å². The molecule has 0 bridgehead atoms. The number of carbonyl (C=O) groups excluding carboxylic acids is 3. The number of halogens is 1. The lowest BCUT2D eigenvalue weighted by molar-refractivity contribution is -0.144. The van der Waals surface area contributed by atoms with Crippen LogP contribution in [0.25, 0.3) is 11.0 Å². The number of imide groups is 1. The predicted octanol–water partition coefficient (Wildman–Crippen LogP) is 5.32. The molecule has 0 saturated carbocycles. The number of terminal acetylenes is 1. The van der Waals surface area contributed by atoms with Crippen LogP contribution >= 0.6 is 0 Å². The highest BCUT2D eigenvalue weighted by Crippen LogP contribution is 2.40. The zero-order valence-electron chi connectivity index (χ0n) is 21.9. The summed E-state index contributed by atoms with van der Waals surface area (Å²) in [5.74, 6) is 0.172. The van der Waals surface area contributed by atoms with Crippen LogP contribution < -0.4 is 4.74 Å². The van der Waals surface area contributed by atoms with Gasteiger partial charge in [-0.3, -0.25) is 9.59 Å². The number of amides is 3. The summed E-state index contributed by atoms with van der Waals surface area (Å²) in [6, 6.07) is 12.0. The molecule has 0 saturated heterocycles. The standard InChI is InChI=1S/C29H29FN2O6/c1-7-15-31-25(33)24-23(21-16-20(30)13-14-22(21)37-24)36-17-29(31,6)26(34)32(27(35)38-28(3,4)5)18(2)19-11-9-8-10-12-19/h1,8-14,16,18H,15,17H2,2-6H3/t18-,29-/m1/s1. The van der Waals surface area contributed by atoms with Crippen molar-refractivity contribution >= 4 is 28.9 Å². The molecule has 8 nitrogen and oxygen atoms in total. The molecule has 2 aromatic carbocycles. The molecule has 38 heavy (non-hydrogen) atoms. The van der Waals surface area contributed by atoms with Gasteiger partial charge in [0.15, 0.2) is 11.3 Å². The van der Waals surface area contributed by atoms with E-state index in [9.17, 15) is 18.8 Å². The highest BCUT2D eigenvalue weighted by atomic mass is 19.1. The van der Waals surface area contributed by atoms with Crippen molar-refractivity contribution in [3.05, 3.63) is 65.7 Å². The third kappa shape index (κ3) is 4.82. The van der Waals surface area contributed by atoms with Crippen LogP contribution in [-0.2, 0) is 9.53 Å². The van der Waals surface area contributed by atoms with E-state index in [-0.39, 0.29) is 35.6 Å². The SMILES string of the molecule is C#CCN1C(=O)c2oc3ccc(F)cc3c2OC[C@]1(C)C(=O)N(C(=O)OC(C)(C)C)[C@H](C)c1ccccc1. The van der Waals surface area contributed by atoms with Crippen molar-refractivity contribution in [1.29, 1.82) is 0 Å². The Morgan fingerprint density at radius 1 is 1.24 bits per heavy atom. The minimum atomic E-state index is -1.75. The molecule has 1 aliphatic rings. The lowest BCUT2D eigenvalue weighted by atomic mass is 9.96. The maximum atomic E-state index is 14.3. The molecule has 3 aromatic rings. The first-order valence-electron chi connectivity index (χ1n) is 12.1. The zero-order valence-corrected chi connectivity index (χ0v) is 21.9. The van der Waals surface area contributed by atoms with Gasteiger partial charge in [0.1, 0.15) is 23.6 Å². The quantitative estimate of drug-likeness (QED) is 0.433. The molecule has 0 aliphatic carbocycles. The zero-order chi connectivity index (χ0) is 27.8. The van der Waals surface area contributed by atoms with Crippen LogP contribution in [0.2, 0.25) is 0 Å². The third-order valence-electron chi connectivity index (χ3n) is 6.33. The van der Waals surface area contributed by atoms with Gasteiger partial charge in [-0.15, -0.1) is 6.42 Å². The molecule has 1 aromatic heterocycles. The van der Waals surface area contributed by atoms with Gasteiger partial charge in [0.2, 0.25) is 5.76 Å². The number of furan rings is 1. The normalized spacial score (nSPS) is 18.1. The number of carbonyl (C=O) groups is 3. The number of hydrogen-bond acceptors (Lipinski definition) is 6. The van der Waals surface area contributed by atoms with Crippen molar-refractivity contribution in [3.8, 4) is 18.1 Å². The molecule has 0 N–H and O–H groups in total. The molecule has 0 spiro atoms. The van der Waals surface area contributed by atoms with Crippen molar-refractivity contribution < 1.29 is 32.7 Å². The molecule has 9 heteroatoms. The van der Waals surface area contributed by atoms with Crippen LogP contribution in [0, 0.1) is 18.2 Å². The summed E-state index contributed by atoms with van der Waals surface area (Å²) >= 11 is 0. The maximum absolute atomic E-state index is 14.3. The second-order valence-electron chi connectivity index (χ2n) is 10.3. The Morgan fingerprint density at radius 2 is 1.92 bits per heavy atom. The number of rotatable bonds is 4. The van der Waals surface area contributed by atoms with Crippen molar-refractivity contribution in [2.75, 3.05) is 13.2 Å². The number of fused-ring (bicyclic) bond motifs is 3. The summed E-state index contributed by atoms with van der Waals surface area (Å²) in [4.78, 5) is 43.6. The fourth-order valence-electron chi connectivity index (χ4n) is 4.35. The topological polar surface area (TPSA) is 89.3 Å². The van der Waals surface area contributed by atoms with E-state index in [0.717, 1.165) is 9.80 Å². The molecule has 198 valence electrons. The van der Waals surface area contributed by atoms with Crippen LogP contribution in [-0.4, -0.2) is 52.0 Å². The Balaban J connectivity index is 1.81. The average Bonchev–Trinajstić information content (AvgIpc) is 3.17. The van der Waals surface area contributed by atoms with Crippen LogP contribution in [0.4, 0.5) is 9.18 Å². The highest BCUT2D eigenvalue weighted by Gasteiger charge is 2.52. The van der Waals surface area contributed by atoms with Gasteiger partial charge in [-0.2, -0.15) is 0 Å². The van der Waals surface area contributed by atoms with Crippen molar-refractivity contribution in [2.24, 2.45) is 0 Å². The van der Waals surface area contributed by atoms with E-state index in [2.05, 4.69) is 5.92 Å². The average molecular weight is 521 g/mol. The summed E-state index contributed by atoms with van der Waals surface area (Å²) < 4.78 is 31.3. The lowest BCUT2D eigenvalue weighted by Gasteiger charge is -2.41. The molecule has 1 aliphatic heterocycles. The molecular formula is C29H29FN2O6. The van der Waals surface area contributed by atoms with Gasteiger partial charge in [0.05, 0.1) is 18.0 Å². The van der Waals surface area contributed by atoms with E-state index >= 15 is 0 Å².